The molecule has 0 aliphatic rings. The Labute approximate surface area is 171 Å². The van der Waals surface area contributed by atoms with Crippen LogP contribution in [0, 0.1) is 12.8 Å². The largest absolute Gasteiger partial charge is 0.361 e. The summed E-state index contributed by atoms with van der Waals surface area (Å²) in [4.78, 5) is 17.6. The second-order valence-corrected chi connectivity index (χ2v) is 7.91. The first-order valence-corrected chi connectivity index (χ1v) is 10.6. The van der Waals surface area contributed by atoms with Crippen LogP contribution in [0.4, 0.5) is 0 Å². The van der Waals surface area contributed by atoms with Crippen LogP contribution in [0.1, 0.15) is 54.9 Å². The van der Waals surface area contributed by atoms with Crippen molar-refractivity contribution >= 4 is 34.6 Å². The van der Waals surface area contributed by atoms with E-state index in [1.54, 1.807) is 0 Å². The summed E-state index contributed by atoms with van der Waals surface area (Å²) in [6.07, 6.45) is 4.74. The zero-order chi connectivity index (χ0) is 19.6. The van der Waals surface area contributed by atoms with E-state index in [0.29, 0.717) is 21.6 Å². The molecule has 0 radical (unpaired) electrons. The molecule has 7 heteroatoms. The Hall–Kier alpha value is -1.99. The summed E-state index contributed by atoms with van der Waals surface area (Å²) in [5.41, 5.74) is 7.18. The number of unbranched alkanes of at least 4 members (excludes halogenated alkanes) is 1. The lowest BCUT2D eigenvalue weighted by Crippen LogP contribution is -2.47. The molecule has 0 fully saturated rings. The molecule has 1 aromatic carbocycles. The average molecular weight is 405 g/mol. The summed E-state index contributed by atoms with van der Waals surface area (Å²) in [5, 5.41) is 4.46. The minimum atomic E-state index is -0.227. The number of rotatable bonds is 8. The Morgan fingerprint density at radius 2 is 1.96 bits per heavy atom. The van der Waals surface area contributed by atoms with Gasteiger partial charge in [-0.1, -0.05) is 63.4 Å². The topological polar surface area (TPSA) is 66.0 Å². The summed E-state index contributed by atoms with van der Waals surface area (Å²) < 4.78 is 0. The molecule has 146 valence electrons. The molecule has 3 N–H and O–H groups in total. The van der Waals surface area contributed by atoms with Crippen molar-refractivity contribution in [1.82, 2.24) is 21.2 Å². The third kappa shape index (κ3) is 6.59. The molecular weight excluding hydrogens is 376 g/mol. The Kier molecular flexibility index (Phi) is 8.67. The third-order valence-electron chi connectivity index (χ3n) is 4.41. The van der Waals surface area contributed by atoms with Gasteiger partial charge >= 0.3 is 0 Å². The number of aryl methyl sites for hydroxylation is 1. The number of hydrogen-bond acceptors (Lipinski definition) is 4. The molecule has 0 unspecified atom stereocenters. The van der Waals surface area contributed by atoms with Gasteiger partial charge < -0.3 is 5.32 Å². The highest BCUT2D eigenvalue weighted by atomic mass is 32.1. The van der Waals surface area contributed by atoms with Gasteiger partial charge in [-0.3, -0.25) is 15.6 Å². The Morgan fingerprint density at radius 1 is 1.22 bits per heavy atom. The minimum Gasteiger partial charge on any atom is -0.361 e. The van der Waals surface area contributed by atoms with Crippen molar-refractivity contribution < 1.29 is 4.79 Å². The van der Waals surface area contributed by atoms with Crippen LogP contribution in [0.2, 0.25) is 0 Å². The number of hydrogen-bond donors (Lipinski definition) is 3. The molecule has 0 bridgehead atoms. The number of aromatic nitrogens is 1. The lowest BCUT2D eigenvalue weighted by atomic mass is 9.99. The SMILES string of the molecule is CCCC[C@@H](CC)CNC(=S)NNC(=O)c1sc(-c2ccccc2)nc1C. The predicted molar refractivity (Wildman–Crippen MR) is 117 cm³/mol. The Balaban J connectivity index is 1.85. The molecule has 1 heterocycles. The van der Waals surface area contributed by atoms with Crippen molar-refractivity contribution in [3.05, 3.63) is 40.9 Å². The summed E-state index contributed by atoms with van der Waals surface area (Å²) in [7, 11) is 0. The normalized spacial score (nSPS) is 11.7. The maximum Gasteiger partial charge on any atom is 0.281 e. The number of benzene rings is 1. The van der Waals surface area contributed by atoms with E-state index in [1.165, 1.54) is 30.6 Å². The highest BCUT2D eigenvalue weighted by Crippen LogP contribution is 2.27. The highest BCUT2D eigenvalue weighted by molar-refractivity contribution is 7.80. The van der Waals surface area contributed by atoms with Crippen molar-refractivity contribution in [3.63, 3.8) is 0 Å². The zero-order valence-corrected chi connectivity index (χ0v) is 17.8. The fourth-order valence-corrected chi connectivity index (χ4v) is 3.81. The monoisotopic (exact) mass is 404 g/mol. The van der Waals surface area contributed by atoms with E-state index in [1.807, 2.05) is 37.3 Å². The number of nitrogens with one attached hydrogen (secondary N) is 3. The van der Waals surface area contributed by atoms with Crippen LogP contribution < -0.4 is 16.2 Å². The molecule has 0 saturated heterocycles. The number of thiazole rings is 1. The van der Waals surface area contributed by atoms with Gasteiger partial charge in [-0.05, 0) is 31.5 Å². The molecule has 0 aliphatic heterocycles. The van der Waals surface area contributed by atoms with Crippen molar-refractivity contribution in [2.24, 2.45) is 5.92 Å². The van der Waals surface area contributed by atoms with Gasteiger partial charge in [0.15, 0.2) is 5.11 Å². The van der Waals surface area contributed by atoms with Crippen LogP contribution in [-0.2, 0) is 0 Å². The molecule has 5 nitrogen and oxygen atoms in total. The van der Waals surface area contributed by atoms with Crippen LogP contribution >= 0.6 is 23.6 Å². The van der Waals surface area contributed by atoms with Crippen LogP contribution in [0.25, 0.3) is 10.6 Å². The van der Waals surface area contributed by atoms with E-state index in [4.69, 9.17) is 12.2 Å². The molecule has 0 spiro atoms. The standard InChI is InChI=1S/C20H28N4OS2/c1-4-6-10-15(5-2)13-21-20(26)24-23-18(25)17-14(3)22-19(27-17)16-11-8-7-9-12-16/h7-9,11-12,15H,4-6,10,13H2,1-3H3,(H,23,25)(H2,21,24,26)/t15-/m1/s1. The molecule has 0 saturated carbocycles. The molecule has 1 aromatic heterocycles. The molecule has 2 rings (SSSR count). The number of amides is 1. The number of hydrazine groups is 1. The van der Waals surface area contributed by atoms with Crippen LogP contribution in [0.15, 0.2) is 30.3 Å². The van der Waals surface area contributed by atoms with E-state index in [9.17, 15) is 4.79 Å². The van der Waals surface area contributed by atoms with Gasteiger partial charge in [0.2, 0.25) is 0 Å². The van der Waals surface area contributed by atoms with E-state index >= 15 is 0 Å². The molecule has 1 amide bonds. The van der Waals surface area contributed by atoms with Crippen LogP contribution in [-0.4, -0.2) is 22.5 Å². The molecular formula is C20H28N4OS2. The van der Waals surface area contributed by atoms with E-state index in [0.717, 1.165) is 23.5 Å². The number of nitrogens with zero attached hydrogens (tertiary/aromatic N) is 1. The van der Waals surface area contributed by atoms with Crippen LogP contribution in [0.3, 0.4) is 0 Å². The lowest BCUT2D eigenvalue weighted by molar-refractivity contribution is 0.0947. The second kappa shape index (κ2) is 11.0. The first-order valence-electron chi connectivity index (χ1n) is 9.42. The number of thiocarbonyl (C=S) groups is 1. The van der Waals surface area contributed by atoms with Gasteiger partial charge in [0.25, 0.3) is 5.91 Å². The second-order valence-electron chi connectivity index (χ2n) is 6.51. The van der Waals surface area contributed by atoms with Gasteiger partial charge in [-0.2, -0.15) is 0 Å². The maximum atomic E-state index is 12.5. The van der Waals surface area contributed by atoms with Crippen molar-refractivity contribution in [1.29, 1.82) is 0 Å². The number of carbonyl (C=O) groups excluding carboxylic acids is 1. The fourth-order valence-electron chi connectivity index (χ4n) is 2.71. The first-order chi connectivity index (χ1) is 13.0. The molecule has 1 atom stereocenters. The molecule has 2 aromatic rings. The quantitative estimate of drug-likeness (QED) is 0.448. The smallest absolute Gasteiger partial charge is 0.281 e. The third-order valence-corrected chi connectivity index (χ3v) is 5.86. The fraction of sp³-hybridized carbons (Fsp3) is 0.450. The Bertz CT molecular complexity index is 746. The van der Waals surface area contributed by atoms with Crippen molar-refractivity contribution in [3.8, 4) is 10.6 Å². The van der Waals surface area contributed by atoms with E-state index in [-0.39, 0.29) is 5.91 Å². The van der Waals surface area contributed by atoms with Gasteiger partial charge in [-0.25, -0.2) is 4.98 Å². The maximum absolute atomic E-state index is 12.5. The van der Waals surface area contributed by atoms with Gasteiger partial charge in [-0.15, -0.1) is 11.3 Å². The Morgan fingerprint density at radius 3 is 2.63 bits per heavy atom. The molecule has 0 aliphatic carbocycles. The summed E-state index contributed by atoms with van der Waals surface area (Å²) in [6.45, 7) is 7.05. The number of carbonyl (C=O) groups is 1. The van der Waals surface area contributed by atoms with Crippen LogP contribution in [0.5, 0.6) is 0 Å². The van der Waals surface area contributed by atoms with Gasteiger partial charge in [0.05, 0.1) is 5.69 Å². The summed E-state index contributed by atoms with van der Waals surface area (Å²) in [5.74, 6) is 0.368. The zero-order valence-electron chi connectivity index (χ0n) is 16.2. The van der Waals surface area contributed by atoms with Crippen molar-refractivity contribution in [2.75, 3.05) is 6.54 Å². The average Bonchev–Trinajstić information content (AvgIpc) is 3.08. The highest BCUT2D eigenvalue weighted by Gasteiger charge is 2.16. The van der Waals surface area contributed by atoms with Gasteiger partial charge in [0.1, 0.15) is 9.88 Å². The van der Waals surface area contributed by atoms with E-state index < -0.39 is 0 Å². The van der Waals surface area contributed by atoms with Crippen molar-refractivity contribution in [2.45, 2.75) is 46.5 Å². The molecule has 27 heavy (non-hydrogen) atoms. The predicted octanol–water partition coefficient (Wildman–Crippen LogP) is 4.44. The lowest BCUT2D eigenvalue weighted by Gasteiger charge is -2.17. The summed E-state index contributed by atoms with van der Waals surface area (Å²) >= 11 is 6.64. The summed E-state index contributed by atoms with van der Waals surface area (Å²) in [6, 6.07) is 9.85. The van der Waals surface area contributed by atoms with E-state index in [2.05, 4.69) is 35.0 Å². The first kappa shape index (κ1) is 21.3. The van der Waals surface area contributed by atoms with Gasteiger partial charge in [0, 0.05) is 12.1 Å². The minimum absolute atomic E-state index is 0.227.